The summed E-state index contributed by atoms with van der Waals surface area (Å²) in [6.45, 7) is 2.00. The molecule has 0 aliphatic carbocycles. The molecule has 2 heterocycles. The second-order valence-corrected chi connectivity index (χ2v) is 4.82. The van der Waals surface area contributed by atoms with Gasteiger partial charge in [0, 0.05) is 30.6 Å². The van der Waals surface area contributed by atoms with Gasteiger partial charge in [0.2, 0.25) is 6.29 Å². The minimum absolute atomic E-state index is 0.198. The van der Waals surface area contributed by atoms with Crippen LogP contribution in [0.3, 0.4) is 0 Å². The second kappa shape index (κ2) is 4.85. The Bertz CT molecular complexity index is 655. The van der Waals surface area contributed by atoms with E-state index in [1.807, 2.05) is 60.0 Å². The lowest BCUT2D eigenvalue weighted by Crippen LogP contribution is -2.36. The van der Waals surface area contributed by atoms with Crippen molar-refractivity contribution in [3.05, 3.63) is 66.0 Å². The summed E-state index contributed by atoms with van der Waals surface area (Å²) >= 11 is 0. The Morgan fingerprint density at radius 1 is 1.20 bits per heavy atom. The summed E-state index contributed by atoms with van der Waals surface area (Å²) in [6.07, 6.45) is 5.19. The van der Waals surface area contributed by atoms with Crippen LogP contribution in [-0.2, 0) is 0 Å². The maximum atomic E-state index is 6.24. The first kappa shape index (κ1) is 12.5. The average molecular weight is 267 g/mol. The van der Waals surface area contributed by atoms with Gasteiger partial charge in [0.05, 0.1) is 12.0 Å². The summed E-state index contributed by atoms with van der Waals surface area (Å²) in [5.41, 5.74) is 9.24. The molecule has 0 radical (unpaired) electrons. The smallest absolute Gasteiger partial charge is 0.205 e. The number of aromatic nitrogens is 2. The highest BCUT2D eigenvalue weighted by atomic mass is 15.4. The van der Waals surface area contributed by atoms with Crippen molar-refractivity contribution in [1.29, 1.82) is 0 Å². The minimum Gasteiger partial charge on any atom is -0.385 e. The molecular formula is C15H17N5. The third-order valence-corrected chi connectivity index (χ3v) is 3.55. The molecule has 0 saturated carbocycles. The number of aliphatic imine (C=N–C) groups is 1. The van der Waals surface area contributed by atoms with Gasteiger partial charge in [-0.05, 0) is 6.92 Å². The molecule has 0 saturated heterocycles. The van der Waals surface area contributed by atoms with Gasteiger partial charge in [0.15, 0.2) is 0 Å². The van der Waals surface area contributed by atoms with Gasteiger partial charge < -0.3 is 10.6 Å². The maximum absolute atomic E-state index is 6.24. The second-order valence-electron chi connectivity index (χ2n) is 4.82. The Morgan fingerprint density at radius 2 is 1.95 bits per heavy atom. The molecule has 1 aliphatic rings. The van der Waals surface area contributed by atoms with Crippen LogP contribution < -0.4 is 5.73 Å². The lowest BCUT2D eigenvalue weighted by Gasteiger charge is -2.33. The van der Waals surface area contributed by atoms with Gasteiger partial charge in [-0.2, -0.15) is 0 Å². The van der Waals surface area contributed by atoms with E-state index in [-0.39, 0.29) is 6.29 Å². The Hall–Kier alpha value is -2.56. The molecule has 1 atom stereocenters. The lowest BCUT2D eigenvalue weighted by atomic mass is 10.0. The molecule has 0 fully saturated rings. The standard InChI is InChI=1S/C15H17N5/c1-11-13(12-6-4-3-5-7-12)18-15(19(2)14(11)16)20-9-8-17-10-20/h3-10,15H,16H2,1-2H3. The van der Waals surface area contributed by atoms with E-state index < -0.39 is 0 Å². The first-order valence-electron chi connectivity index (χ1n) is 6.48. The van der Waals surface area contributed by atoms with Crippen molar-refractivity contribution in [2.24, 2.45) is 10.7 Å². The van der Waals surface area contributed by atoms with Crippen LogP contribution in [0.15, 0.2) is 65.4 Å². The molecule has 0 amide bonds. The normalized spacial score (nSPS) is 19.2. The molecule has 102 valence electrons. The average Bonchev–Trinajstić information content (AvgIpc) is 3.00. The van der Waals surface area contributed by atoms with E-state index in [1.165, 1.54) is 0 Å². The number of benzene rings is 1. The molecular weight excluding hydrogens is 250 g/mol. The van der Waals surface area contributed by atoms with Crippen LogP contribution in [0, 0.1) is 0 Å². The fraction of sp³-hybridized carbons (Fsp3) is 0.200. The monoisotopic (exact) mass is 267 g/mol. The van der Waals surface area contributed by atoms with Crippen LogP contribution in [0.5, 0.6) is 0 Å². The molecule has 3 rings (SSSR count). The summed E-state index contributed by atoms with van der Waals surface area (Å²) in [4.78, 5) is 10.9. The van der Waals surface area contributed by atoms with E-state index in [0.29, 0.717) is 0 Å². The summed E-state index contributed by atoms with van der Waals surface area (Å²) in [5.74, 6) is 0.734. The van der Waals surface area contributed by atoms with Crippen LogP contribution in [0.4, 0.5) is 0 Å². The predicted octanol–water partition coefficient (Wildman–Crippen LogP) is 1.96. The first-order chi connectivity index (χ1) is 9.68. The molecule has 1 unspecified atom stereocenters. The highest BCUT2D eigenvalue weighted by molar-refractivity contribution is 6.13. The maximum Gasteiger partial charge on any atom is 0.205 e. The molecule has 2 aromatic rings. The lowest BCUT2D eigenvalue weighted by molar-refractivity contribution is 0.226. The van der Waals surface area contributed by atoms with Crippen molar-refractivity contribution in [3.8, 4) is 0 Å². The predicted molar refractivity (Wildman–Crippen MR) is 78.9 cm³/mol. The van der Waals surface area contributed by atoms with Crippen molar-refractivity contribution in [2.75, 3.05) is 7.05 Å². The molecule has 1 aliphatic heterocycles. The topological polar surface area (TPSA) is 59.4 Å². The van der Waals surface area contributed by atoms with Gasteiger partial charge in [-0.3, -0.25) is 4.57 Å². The van der Waals surface area contributed by atoms with Crippen LogP contribution in [0.2, 0.25) is 0 Å². The number of allylic oxidation sites excluding steroid dienone is 1. The van der Waals surface area contributed by atoms with E-state index in [2.05, 4.69) is 4.98 Å². The highest BCUT2D eigenvalue weighted by Crippen LogP contribution is 2.26. The van der Waals surface area contributed by atoms with E-state index in [1.54, 1.807) is 12.5 Å². The third-order valence-electron chi connectivity index (χ3n) is 3.55. The fourth-order valence-electron chi connectivity index (χ4n) is 2.37. The van der Waals surface area contributed by atoms with Gasteiger partial charge in [-0.1, -0.05) is 30.3 Å². The number of nitrogens with zero attached hydrogens (tertiary/aromatic N) is 4. The number of nitrogens with two attached hydrogens (primary N) is 1. The summed E-state index contributed by atoms with van der Waals surface area (Å²) < 4.78 is 1.93. The fourth-order valence-corrected chi connectivity index (χ4v) is 2.37. The molecule has 0 spiro atoms. The molecule has 1 aromatic heterocycles. The van der Waals surface area contributed by atoms with Crippen molar-refractivity contribution in [3.63, 3.8) is 0 Å². The van der Waals surface area contributed by atoms with Crippen LogP contribution >= 0.6 is 0 Å². The number of hydrogen-bond donors (Lipinski definition) is 1. The number of hydrogen-bond acceptors (Lipinski definition) is 4. The van der Waals surface area contributed by atoms with Gasteiger partial charge in [-0.15, -0.1) is 0 Å². The van der Waals surface area contributed by atoms with E-state index >= 15 is 0 Å². The van der Waals surface area contributed by atoms with Crippen molar-refractivity contribution in [2.45, 2.75) is 13.2 Å². The summed E-state index contributed by atoms with van der Waals surface area (Å²) in [7, 11) is 1.94. The third kappa shape index (κ3) is 1.97. The van der Waals surface area contributed by atoms with Crippen molar-refractivity contribution in [1.82, 2.24) is 14.5 Å². The van der Waals surface area contributed by atoms with E-state index in [0.717, 1.165) is 22.7 Å². The van der Waals surface area contributed by atoms with Gasteiger partial charge >= 0.3 is 0 Å². The first-order valence-corrected chi connectivity index (χ1v) is 6.48. The molecule has 5 heteroatoms. The summed E-state index contributed by atoms with van der Waals surface area (Å²) in [6, 6.07) is 10.1. The minimum atomic E-state index is -0.198. The van der Waals surface area contributed by atoms with Gasteiger partial charge in [-0.25, -0.2) is 9.98 Å². The van der Waals surface area contributed by atoms with Gasteiger partial charge in [0.1, 0.15) is 5.82 Å². The zero-order valence-corrected chi connectivity index (χ0v) is 11.6. The zero-order chi connectivity index (χ0) is 14.1. The molecule has 2 N–H and O–H groups in total. The van der Waals surface area contributed by atoms with E-state index in [9.17, 15) is 0 Å². The molecule has 20 heavy (non-hydrogen) atoms. The Kier molecular flexibility index (Phi) is 3.02. The SMILES string of the molecule is CC1=C(N)N(C)C(n2ccnc2)N=C1c1ccccc1. The highest BCUT2D eigenvalue weighted by Gasteiger charge is 2.25. The summed E-state index contributed by atoms with van der Waals surface area (Å²) in [5, 5.41) is 0. The van der Waals surface area contributed by atoms with Crippen molar-refractivity contribution >= 4 is 5.71 Å². The number of imidazole rings is 1. The molecule has 1 aromatic carbocycles. The molecule has 0 bridgehead atoms. The molecule has 5 nitrogen and oxygen atoms in total. The Morgan fingerprint density at radius 3 is 2.60 bits per heavy atom. The quantitative estimate of drug-likeness (QED) is 0.905. The van der Waals surface area contributed by atoms with Gasteiger partial charge in [0.25, 0.3) is 0 Å². The zero-order valence-electron chi connectivity index (χ0n) is 11.6. The van der Waals surface area contributed by atoms with Crippen molar-refractivity contribution < 1.29 is 0 Å². The van der Waals surface area contributed by atoms with Crippen LogP contribution in [-0.4, -0.2) is 27.2 Å². The van der Waals surface area contributed by atoms with E-state index in [4.69, 9.17) is 10.7 Å². The van der Waals surface area contributed by atoms with Crippen LogP contribution in [0.1, 0.15) is 18.8 Å². The number of rotatable bonds is 2. The van der Waals surface area contributed by atoms with Crippen LogP contribution in [0.25, 0.3) is 0 Å². The largest absolute Gasteiger partial charge is 0.385 e. The Balaban J connectivity index is 2.09. The Labute approximate surface area is 118 Å².